The summed E-state index contributed by atoms with van der Waals surface area (Å²) in [4.78, 5) is 5.22. The van der Waals surface area contributed by atoms with Crippen molar-refractivity contribution in [3.63, 3.8) is 0 Å². The fraction of sp³-hybridized carbons (Fsp3) is 1.00. The van der Waals surface area contributed by atoms with Gasteiger partial charge in [0.25, 0.3) is 0 Å². The summed E-state index contributed by atoms with van der Waals surface area (Å²) >= 11 is 0. The Kier molecular flexibility index (Phi) is 5.42. The highest BCUT2D eigenvalue weighted by Gasteiger charge is 2.28. The molecule has 0 radical (unpaired) electrons. The number of nitrogens with zero attached hydrogens (tertiary/aromatic N) is 2. The molecule has 0 spiro atoms. The minimum absolute atomic E-state index is 0.629. The summed E-state index contributed by atoms with van der Waals surface area (Å²) < 4.78 is 5.40. The van der Waals surface area contributed by atoms with Gasteiger partial charge in [-0.2, -0.15) is 0 Å². The van der Waals surface area contributed by atoms with E-state index in [1.54, 1.807) is 0 Å². The number of hydrogen-bond donors (Lipinski definition) is 1. The molecule has 2 atom stereocenters. The van der Waals surface area contributed by atoms with Crippen molar-refractivity contribution in [2.24, 2.45) is 5.92 Å². The SMILES string of the molecule is CC1CN(CCN2CCOCC2)C(C(C)C)CN1. The smallest absolute Gasteiger partial charge is 0.0594 e. The van der Waals surface area contributed by atoms with E-state index in [0.717, 1.165) is 38.8 Å². The van der Waals surface area contributed by atoms with Crippen LogP contribution in [0.15, 0.2) is 0 Å². The lowest BCUT2D eigenvalue weighted by molar-refractivity contribution is 0.0242. The van der Waals surface area contributed by atoms with Gasteiger partial charge in [-0.15, -0.1) is 0 Å². The van der Waals surface area contributed by atoms with E-state index in [9.17, 15) is 0 Å². The molecule has 2 aliphatic heterocycles. The highest BCUT2D eigenvalue weighted by Crippen LogP contribution is 2.15. The van der Waals surface area contributed by atoms with Crippen LogP contribution in [0, 0.1) is 5.92 Å². The average molecular weight is 255 g/mol. The van der Waals surface area contributed by atoms with Gasteiger partial charge in [0, 0.05) is 51.4 Å². The Morgan fingerprint density at radius 2 is 1.94 bits per heavy atom. The van der Waals surface area contributed by atoms with E-state index in [1.165, 1.54) is 19.6 Å². The van der Waals surface area contributed by atoms with Crippen molar-refractivity contribution in [3.8, 4) is 0 Å². The number of rotatable bonds is 4. The zero-order valence-corrected chi connectivity index (χ0v) is 12.2. The molecule has 0 aromatic rings. The average Bonchev–Trinajstić information content (AvgIpc) is 2.37. The molecule has 2 fully saturated rings. The summed E-state index contributed by atoms with van der Waals surface area (Å²) in [5.74, 6) is 0.731. The molecule has 0 saturated carbocycles. The molecule has 1 N–H and O–H groups in total. The van der Waals surface area contributed by atoms with E-state index < -0.39 is 0 Å². The highest BCUT2D eigenvalue weighted by molar-refractivity contribution is 4.86. The molecule has 2 saturated heterocycles. The number of ether oxygens (including phenoxy) is 1. The minimum Gasteiger partial charge on any atom is -0.379 e. The zero-order valence-electron chi connectivity index (χ0n) is 12.2. The first-order chi connectivity index (χ1) is 8.66. The molecular formula is C14H29N3O. The van der Waals surface area contributed by atoms with Crippen LogP contribution in [0.3, 0.4) is 0 Å². The first-order valence-electron chi connectivity index (χ1n) is 7.44. The quantitative estimate of drug-likeness (QED) is 0.798. The Morgan fingerprint density at radius 1 is 1.22 bits per heavy atom. The van der Waals surface area contributed by atoms with Gasteiger partial charge in [0.05, 0.1) is 13.2 Å². The van der Waals surface area contributed by atoms with Crippen LogP contribution in [-0.4, -0.2) is 74.4 Å². The van der Waals surface area contributed by atoms with Crippen molar-refractivity contribution in [3.05, 3.63) is 0 Å². The zero-order chi connectivity index (χ0) is 13.0. The fourth-order valence-electron chi connectivity index (χ4n) is 3.01. The number of hydrogen-bond acceptors (Lipinski definition) is 4. The Labute approximate surface area is 112 Å². The molecule has 0 amide bonds. The first kappa shape index (κ1) is 14.3. The second-order valence-corrected chi connectivity index (χ2v) is 6.07. The second-order valence-electron chi connectivity index (χ2n) is 6.07. The molecule has 0 aromatic heterocycles. The van der Waals surface area contributed by atoms with Crippen LogP contribution in [0.25, 0.3) is 0 Å². The lowest BCUT2D eigenvalue weighted by Crippen LogP contribution is -2.58. The van der Waals surface area contributed by atoms with Crippen LogP contribution in [0.2, 0.25) is 0 Å². The van der Waals surface area contributed by atoms with Crippen molar-refractivity contribution in [2.45, 2.75) is 32.9 Å². The Morgan fingerprint density at radius 3 is 2.61 bits per heavy atom. The summed E-state index contributed by atoms with van der Waals surface area (Å²) in [5.41, 5.74) is 0. The van der Waals surface area contributed by atoms with Gasteiger partial charge < -0.3 is 10.1 Å². The molecule has 2 unspecified atom stereocenters. The van der Waals surface area contributed by atoms with Crippen LogP contribution in [0.1, 0.15) is 20.8 Å². The third kappa shape index (κ3) is 3.92. The van der Waals surface area contributed by atoms with E-state index in [4.69, 9.17) is 4.74 Å². The van der Waals surface area contributed by atoms with Crippen molar-refractivity contribution in [2.75, 3.05) is 52.5 Å². The van der Waals surface area contributed by atoms with Gasteiger partial charge in [-0.1, -0.05) is 13.8 Å². The standard InChI is InChI=1S/C14H29N3O/c1-12(2)14-10-15-13(3)11-17(14)5-4-16-6-8-18-9-7-16/h12-15H,4-11H2,1-3H3. The van der Waals surface area contributed by atoms with E-state index >= 15 is 0 Å². The van der Waals surface area contributed by atoms with Crippen LogP contribution in [-0.2, 0) is 4.74 Å². The lowest BCUT2D eigenvalue weighted by Gasteiger charge is -2.42. The molecule has 4 nitrogen and oxygen atoms in total. The molecule has 4 heteroatoms. The van der Waals surface area contributed by atoms with E-state index in [2.05, 4.69) is 35.9 Å². The van der Waals surface area contributed by atoms with Crippen molar-refractivity contribution >= 4 is 0 Å². The van der Waals surface area contributed by atoms with E-state index in [-0.39, 0.29) is 0 Å². The van der Waals surface area contributed by atoms with Crippen molar-refractivity contribution in [1.29, 1.82) is 0 Å². The summed E-state index contributed by atoms with van der Waals surface area (Å²) in [5, 5.41) is 3.61. The third-order valence-corrected chi connectivity index (χ3v) is 4.23. The normalized spacial score (nSPS) is 32.0. The monoisotopic (exact) mass is 255 g/mol. The predicted molar refractivity (Wildman–Crippen MR) is 74.9 cm³/mol. The Bertz CT molecular complexity index is 241. The van der Waals surface area contributed by atoms with Gasteiger partial charge in [0.1, 0.15) is 0 Å². The van der Waals surface area contributed by atoms with Crippen LogP contribution >= 0.6 is 0 Å². The predicted octanol–water partition coefficient (Wildman–Crippen LogP) is 0.637. The summed E-state index contributed by atoms with van der Waals surface area (Å²) in [6.45, 7) is 15.7. The van der Waals surface area contributed by atoms with Crippen LogP contribution in [0.4, 0.5) is 0 Å². The maximum Gasteiger partial charge on any atom is 0.0594 e. The maximum absolute atomic E-state index is 5.40. The van der Waals surface area contributed by atoms with Gasteiger partial charge in [-0.05, 0) is 12.8 Å². The minimum atomic E-state index is 0.629. The molecular weight excluding hydrogens is 226 g/mol. The van der Waals surface area contributed by atoms with E-state index in [0.29, 0.717) is 12.1 Å². The van der Waals surface area contributed by atoms with Gasteiger partial charge in [0.15, 0.2) is 0 Å². The number of morpholine rings is 1. The van der Waals surface area contributed by atoms with Crippen LogP contribution < -0.4 is 5.32 Å². The van der Waals surface area contributed by atoms with Gasteiger partial charge >= 0.3 is 0 Å². The van der Waals surface area contributed by atoms with E-state index in [1.807, 2.05) is 0 Å². The molecule has 2 heterocycles. The molecule has 18 heavy (non-hydrogen) atoms. The highest BCUT2D eigenvalue weighted by atomic mass is 16.5. The molecule has 2 aliphatic rings. The van der Waals surface area contributed by atoms with Crippen molar-refractivity contribution in [1.82, 2.24) is 15.1 Å². The molecule has 2 rings (SSSR count). The Balaban J connectivity index is 1.80. The maximum atomic E-state index is 5.40. The van der Waals surface area contributed by atoms with Crippen LogP contribution in [0.5, 0.6) is 0 Å². The van der Waals surface area contributed by atoms with Gasteiger partial charge in [-0.3, -0.25) is 9.80 Å². The molecule has 0 bridgehead atoms. The third-order valence-electron chi connectivity index (χ3n) is 4.23. The second kappa shape index (κ2) is 6.85. The van der Waals surface area contributed by atoms with Gasteiger partial charge in [0.2, 0.25) is 0 Å². The largest absolute Gasteiger partial charge is 0.379 e. The number of nitrogens with one attached hydrogen (secondary N) is 1. The van der Waals surface area contributed by atoms with Gasteiger partial charge in [-0.25, -0.2) is 0 Å². The molecule has 0 aromatic carbocycles. The fourth-order valence-corrected chi connectivity index (χ4v) is 3.01. The van der Waals surface area contributed by atoms with Crippen molar-refractivity contribution < 1.29 is 4.74 Å². The molecule has 106 valence electrons. The molecule has 0 aliphatic carbocycles. The lowest BCUT2D eigenvalue weighted by atomic mass is 9.99. The number of piperazine rings is 1. The topological polar surface area (TPSA) is 27.7 Å². The first-order valence-corrected chi connectivity index (χ1v) is 7.44. The Hall–Kier alpha value is -0.160. The summed E-state index contributed by atoms with van der Waals surface area (Å²) in [6, 6.07) is 1.33. The summed E-state index contributed by atoms with van der Waals surface area (Å²) in [6.07, 6.45) is 0. The summed E-state index contributed by atoms with van der Waals surface area (Å²) in [7, 11) is 0.